The number of para-hydroxylation sites is 1. The summed E-state index contributed by atoms with van der Waals surface area (Å²) in [5.74, 6) is 0.874. The molecule has 2 aromatic rings. The number of hydrogen-bond donors (Lipinski definition) is 3. The molecule has 1 aromatic carbocycles. The first-order valence-corrected chi connectivity index (χ1v) is 8.42. The molecule has 28 heavy (non-hydrogen) atoms. The molecule has 1 amide bonds. The van der Waals surface area contributed by atoms with Crippen LogP contribution in [0.4, 0.5) is 8.78 Å². The molecule has 0 aliphatic rings. The third-order valence-corrected chi connectivity index (χ3v) is 3.40. The number of hydrogen-bond acceptors (Lipinski definition) is 4. The van der Waals surface area contributed by atoms with Crippen LogP contribution in [0, 0.1) is 0 Å². The Labute approximate surface area is 178 Å². The second-order valence-electron chi connectivity index (χ2n) is 5.39. The number of nitrogens with one attached hydrogen (secondary N) is 3. The maximum Gasteiger partial charge on any atom is 0.387 e. The number of benzene rings is 1. The van der Waals surface area contributed by atoms with Crippen molar-refractivity contribution in [2.75, 3.05) is 13.1 Å². The van der Waals surface area contributed by atoms with Gasteiger partial charge < -0.3 is 25.1 Å². The minimum Gasteiger partial charge on any atom is -0.467 e. The molecule has 0 spiro atoms. The fraction of sp³-hybridized carbons (Fsp3) is 0.333. The zero-order valence-corrected chi connectivity index (χ0v) is 17.6. The summed E-state index contributed by atoms with van der Waals surface area (Å²) in [4.78, 5) is 16.2. The highest BCUT2D eigenvalue weighted by atomic mass is 127. The summed E-state index contributed by atoms with van der Waals surface area (Å²) in [6.45, 7) is -0.0377. The number of rotatable bonds is 9. The predicted molar refractivity (Wildman–Crippen MR) is 112 cm³/mol. The molecule has 7 nitrogen and oxygen atoms in total. The summed E-state index contributed by atoms with van der Waals surface area (Å²) in [5.41, 5.74) is 0.511. The quantitative estimate of drug-likeness (QED) is 0.276. The molecule has 3 N–H and O–H groups in total. The van der Waals surface area contributed by atoms with Crippen LogP contribution in [-0.4, -0.2) is 31.6 Å². The average molecular weight is 508 g/mol. The van der Waals surface area contributed by atoms with E-state index in [2.05, 4.69) is 25.7 Å². The molecule has 0 saturated carbocycles. The summed E-state index contributed by atoms with van der Waals surface area (Å²) in [6.07, 6.45) is 1.53. The summed E-state index contributed by atoms with van der Waals surface area (Å²) in [6, 6.07) is 9.94. The van der Waals surface area contributed by atoms with Crippen LogP contribution in [0.1, 0.15) is 18.2 Å². The van der Waals surface area contributed by atoms with E-state index in [4.69, 9.17) is 4.42 Å². The molecular weight excluding hydrogens is 485 g/mol. The Bertz CT molecular complexity index is 742. The van der Waals surface area contributed by atoms with Gasteiger partial charge in [0, 0.05) is 12.1 Å². The van der Waals surface area contributed by atoms with Gasteiger partial charge in [0.1, 0.15) is 11.5 Å². The highest BCUT2D eigenvalue weighted by molar-refractivity contribution is 14.0. The molecule has 0 unspecified atom stereocenters. The van der Waals surface area contributed by atoms with Crippen LogP contribution in [0.5, 0.6) is 5.75 Å². The standard InChI is InChI=1S/C18H22F2N4O3.HI/c1-2-21-18(24-12-16(25)22-11-14-7-5-9-26-14)23-10-13-6-3-4-8-15(13)27-17(19)20;/h3-9,17H,2,10-12H2,1H3,(H,22,25)(H2,21,23,24);1H. The third-order valence-electron chi connectivity index (χ3n) is 3.40. The van der Waals surface area contributed by atoms with E-state index < -0.39 is 6.61 Å². The van der Waals surface area contributed by atoms with Crippen LogP contribution in [0.25, 0.3) is 0 Å². The van der Waals surface area contributed by atoms with Crippen molar-refractivity contribution < 1.29 is 22.7 Å². The molecular formula is C18H23F2IN4O3. The highest BCUT2D eigenvalue weighted by Crippen LogP contribution is 2.20. The zero-order chi connectivity index (χ0) is 19.5. The van der Waals surface area contributed by atoms with Gasteiger partial charge in [-0.2, -0.15) is 8.78 Å². The fourth-order valence-corrected chi connectivity index (χ4v) is 2.18. The SMILES string of the molecule is CCNC(=NCc1ccccc1OC(F)F)NCC(=O)NCc1ccco1.I. The van der Waals surface area contributed by atoms with E-state index in [1.807, 2.05) is 6.92 Å². The first-order chi connectivity index (χ1) is 13.1. The lowest BCUT2D eigenvalue weighted by Crippen LogP contribution is -2.43. The number of amides is 1. The van der Waals surface area contributed by atoms with Gasteiger partial charge in [0.2, 0.25) is 5.91 Å². The van der Waals surface area contributed by atoms with Crippen LogP contribution in [0.15, 0.2) is 52.1 Å². The average Bonchev–Trinajstić information content (AvgIpc) is 3.16. The normalized spacial score (nSPS) is 10.9. The summed E-state index contributed by atoms with van der Waals surface area (Å²) in [7, 11) is 0. The number of aliphatic imine (C=N–C) groups is 1. The fourth-order valence-electron chi connectivity index (χ4n) is 2.18. The van der Waals surface area contributed by atoms with E-state index in [0.29, 0.717) is 30.4 Å². The van der Waals surface area contributed by atoms with Crippen molar-refractivity contribution in [2.45, 2.75) is 26.6 Å². The Morgan fingerprint density at radius 1 is 1.18 bits per heavy atom. The Balaban J connectivity index is 0.00000392. The minimum atomic E-state index is -2.90. The van der Waals surface area contributed by atoms with Gasteiger partial charge in [0.15, 0.2) is 5.96 Å². The summed E-state index contributed by atoms with van der Waals surface area (Å²) < 4.78 is 34.6. The van der Waals surface area contributed by atoms with Gasteiger partial charge in [-0.05, 0) is 25.1 Å². The van der Waals surface area contributed by atoms with E-state index in [-0.39, 0.29) is 48.7 Å². The Morgan fingerprint density at radius 2 is 1.96 bits per heavy atom. The van der Waals surface area contributed by atoms with Gasteiger partial charge in [-0.15, -0.1) is 24.0 Å². The predicted octanol–water partition coefficient (Wildman–Crippen LogP) is 2.87. The molecule has 0 saturated heterocycles. The lowest BCUT2D eigenvalue weighted by molar-refractivity contribution is -0.120. The van der Waals surface area contributed by atoms with Crippen LogP contribution in [-0.2, 0) is 17.9 Å². The molecule has 0 atom stereocenters. The van der Waals surface area contributed by atoms with E-state index in [0.717, 1.165) is 0 Å². The molecule has 2 rings (SSSR count). The van der Waals surface area contributed by atoms with Crippen molar-refractivity contribution >= 4 is 35.8 Å². The molecule has 0 aliphatic carbocycles. The van der Waals surface area contributed by atoms with Crippen molar-refractivity contribution in [3.05, 3.63) is 54.0 Å². The van der Waals surface area contributed by atoms with Crippen LogP contribution in [0.3, 0.4) is 0 Å². The topological polar surface area (TPSA) is 87.9 Å². The van der Waals surface area contributed by atoms with Crippen molar-refractivity contribution in [3.63, 3.8) is 0 Å². The van der Waals surface area contributed by atoms with Crippen molar-refractivity contribution in [1.29, 1.82) is 0 Å². The second kappa shape index (κ2) is 12.9. The van der Waals surface area contributed by atoms with Crippen LogP contribution in [0.2, 0.25) is 0 Å². The number of halogens is 3. The van der Waals surface area contributed by atoms with Crippen molar-refractivity contribution in [2.24, 2.45) is 4.99 Å². The number of guanidine groups is 1. The molecule has 0 fully saturated rings. The van der Waals surface area contributed by atoms with Crippen molar-refractivity contribution in [1.82, 2.24) is 16.0 Å². The van der Waals surface area contributed by atoms with E-state index in [1.54, 1.807) is 30.3 Å². The van der Waals surface area contributed by atoms with Crippen LogP contribution < -0.4 is 20.7 Å². The Kier molecular flexibility index (Phi) is 10.9. The van der Waals surface area contributed by atoms with E-state index in [9.17, 15) is 13.6 Å². The molecule has 154 valence electrons. The minimum absolute atomic E-state index is 0. The Morgan fingerprint density at radius 3 is 2.64 bits per heavy atom. The number of carbonyl (C=O) groups is 1. The molecule has 1 heterocycles. The maximum atomic E-state index is 12.5. The van der Waals surface area contributed by atoms with Gasteiger partial charge in [0.25, 0.3) is 0 Å². The molecule has 0 aliphatic heterocycles. The first kappa shape index (κ1) is 23.7. The summed E-state index contributed by atoms with van der Waals surface area (Å²) in [5, 5.41) is 8.58. The number of nitrogens with zero attached hydrogens (tertiary/aromatic N) is 1. The second-order valence-corrected chi connectivity index (χ2v) is 5.39. The van der Waals surface area contributed by atoms with Gasteiger partial charge in [0.05, 0.1) is 25.9 Å². The van der Waals surface area contributed by atoms with Gasteiger partial charge in [-0.1, -0.05) is 18.2 Å². The zero-order valence-electron chi connectivity index (χ0n) is 15.3. The number of furan rings is 1. The largest absolute Gasteiger partial charge is 0.467 e. The number of alkyl halides is 2. The highest BCUT2D eigenvalue weighted by Gasteiger charge is 2.09. The molecule has 0 radical (unpaired) electrons. The lowest BCUT2D eigenvalue weighted by Gasteiger charge is -2.12. The molecule has 10 heteroatoms. The molecule has 1 aromatic heterocycles. The maximum absolute atomic E-state index is 12.5. The smallest absolute Gasteiger partial charge is 0.387 e. The number of ether oxygens (including phenoxy) is 1. The molecule has 0 bridgehead atoms. The first-order valence-electron chi connectivity index (χ1n) is 8.42. The Hall–Kier alpha value is -2.37. The van der Waals surface area contributed by atoms with Gasteiger partial charge in [-0.3, -0.25) is 4.79 Å². The van der Waals surface area contributed by atoms with Crippen LogP contribution >= 0.6 is 24.0 Å². The third kappa shape index (κ3) is 8.55. The van der Waals surface area contributed by atoms with E-state index in [1.165, 1.54) is 12.3 Å². The number of carbonyl (C=O) groups excluding carboxylic acids is 1. The van der Waals surface area contributed by atoms with Gasteiger partial charge in [-0.25, -0.2) is 4.99 Å². The lowest BCUT2D eigenvalue weighted by atomic mass is 10.2. The van der Waals surface area contributed by atoms with Crippen molar-refractivity contribution in [3.8, 4) is 5.75 Å². The van der Waals surface area contributed by atoms with Gasteiger partial charge >= 0.3 is 6.61 Å². The van der Waals surface area contributed by atoms with E-state index >= 15 is 0 Å². The monoisotopic (exact) mass is 508 g/mol. The summed E-state index contributed by atoms with van der Waals surface area (Å²) >= 11 is 0.